The van der Waals surface area contributed by atoms with E-state index in [1.807, 2.05) is 6.92 Å². The fourth-order valence-corrected chi connectivity index (χ4v) is 1.98. The first-order valence-corrected chi connectivity index (χ1v) is 13.5. The Bertz CT molecular complexity index is 723. The number of rotatable bonds is 22. The maximum Gasteiger partial charge on any atom is 0.302 e. The van der Waals surface area contributed by atoms with Crippen LogP contribution in [0.15, 0.2) is 51.4 Å². The highest BCUT2D eigenvalue weighted by atomic mass is 16.6. The first kappa shape index (κ1) is 46.0. The number of esters is 4. The van der Waals surface area contributed by atoms with Gasteiger partial charge in [0, 0.05) is 33.6 Å². The Morgan fingerprint density at radius 1 is 0.488 bits per heavy atom. The first-order valence-electron chi connectivity index (χ1n) is 13.5. The van der Waals surface area contributed by atoms with E-state index in [2.05, 4.69) is 40.5 Å². The molecule has 0 fully saturated rings. The van der Waals surface area contributed by atoms with Crippen LogP contribution in [-0.4, -0.2) is 89.9 Å². The van der Waals surface area contributed by atoms with Crippen LogP contribution in [0.3, 0.4) is 0 Å². The monoisotopic (exact) mass is 620 g/mol. The first-order chi connectivity index (χ1) is 20.5. The summed E-state index contributed by atoms with van der Waals surface area (Å²) in [4.78, 5) is 41.0. The molecule has 0 N–H and O–H groups in total. The van der Waals surface area contributed by atoms with Crippen LogP contribution in [0, 0.1) is 5.92 Å². The topological polar surface area (TPSA) is 151 Å². The highest BCUT2D eigenvalue weighted by Crippen LogP contribution is 1.97. The molecule has 0 aliphatic carbocycles. The minimum absolute atomic E-state index is 0.219. The van der Waals surface area contributed by atoms with E-state index in [4.69, 9.17) is 28.4 Å². The molecule has 1 unspecified atom stereocenters. The van der Waals surface area contributed by atoms with Gasteiger partial charge in [-0.15, -0.1) is 0 Å². The zero-order valence-electron chi connectivity index (χ0n) is 26.5. The SMILES string of the molecule is C=COCC(C)COC(C)=O.C=COCCCCOC(C)=O.C=COCCOC(C)=O.C=COCCOCCOC(C)=O. The van der Waals surface area contributed by atoms with E-state index in [9.17, 15) is 19.2 Å². The van der Waals surface area contributed by atoms with Crippen molar-refractivity contribution in [2.75, 3.05) is 66.1 Å². The predicted octanol–water partition coefficient (Wildman–Crippen LogP) is 4.27. The van der Waals surface area contributed by atoms with Crippen molar-refractivity contribution in [3.05, 3.63) is 51.4 Å². The molecule has 0 aromatic carbocycles. The lowest BCUT2D eigenvalue weighted by Crippen LogP contribution is -2.13. The Balaban J connectivity index is -0.000000237. The number of ether oxygens (including phenoxy) is 9. The van der Waals surface area contributed by atoms with Crippen molar-refractivity contribution in [1.29, 1.82) is 0 Å². The number of unbranched alkanes of at least 4 members (excludes halogenated alkanes) is 1. The second-order valence-electron chi connectivity index (χ2n) is 7.86. The van der Waals surface area contributed by atoms with Crippen molar-refractivity contribution in [1.82, 2.24) is 0 Å². The molecule has 13 nitrogen and oxygen atoms in total. The summed E-state index contributed by atoms with van der Waals surface area (Å²) in [5, 5.41) is 0. The number of carbonyl (C=O) groups excluding carboxylic acids is 4. The summed E-state index contributed by atoms with van der Waals surface area (Å²) >= 11 is 0. The highest BCUT2D eigenvalue weighted by molar-refractivity contribution is 5.66. The zero-order chi connectivity index (χ0) is 33.6. The van der Waals surface area contributed by atoms with Crippen molar-refractivity contribution in [2.45, 2.75) is 47.5 Å². The summed E-state index contributed by atoms with van der Waals surface area (Å²) in [7, 11) is 0. The van der Waals surface area contributed by atoms with Crippen LogP contribution in [0.5, 0.6) is 0 Å². The largest absolute Gasteiger partial charge is 0.502 e. The minimum Gasteiger partial charge on any atom is -0.502 e. The molecule has 0 saturated heterocycles. The number of hydrogen-bond donors (Lipinski definition) is 0. The van der Waals surface area contributed by atoms with Gasteiger partial charge in [-0.3, -0.25) is 19.2 Å². The maximum atomic E-state index is 10.3. The van der Waals surface area contributed by atoms with Crippen molar-refractivity contribution in [3.63, 3.8) is 0 Å². The van der Waals surface area contributed by atoms with Gasteiger partial charge < -0.3 is 42.6 Å². The molecule has 0 bridgehead atoms. The van der Waals surface area contributed by atoms with Crippen LogP contribution in [0.2, 0.25) is 0 Å². The molecule has 0 aliphatic heterocycles. The van der Waals surface area contributed by atoms with E-state index in [1.54, 1.807) is 0 Å². The van der Waals surface area contributed by atoms with Crippen molar-refractivity contribution < 1.29 is 61.8 Å². The minimum atomic E-state index is -0.291. The van der Waals surface area contributed by atoms with Gasteiger partial charge in [-0.05, 0) is 12.8 Å². The third kappa shape index (κ3) is 62.8. The molecular formula is C30H52O13. The van der Waals surface area contributed by atoms with Crippen LogP contribution in [0.1, 0.15) is 47.5 Å². The van der Waals surface area contributed by atoms with E-state index >= 15 is 0 Å². The van der Waals surface area contributed by atoms with Crippen LogP contribution in [0.25, 0.3) is 0 Å². The third-order valence-corrected chi connectivity index (χ3v) is 3.77. The Hall–Kier alpha value is -4.00. The summed E-state index contributed by atoms with van der Waals surface area (Å²) in [5.74, 6) is -0.842. The van der Waals surface area contributed by atoms with E-state index in [0.717, 1.165) is 12.8 Å². The van der Waals surface area contributed by atoms with Crippen LogP contribution >= 0.6 is 0 Å². The Morgan fingerprint density at radius 2 is 0.860 bits per heavy atom. The summed E-state index contributed by atoms with van der Waals surface area (Å²) in [6, 6.07) is 0. The average molecular weight is 621 g/mol. The predicted molar refractivity (Wildman–Crippen MR) is 160 cm³/mol. The Labute approximate surface area is 256 Å². The summed E-state index contributed by atoms with van der Waals surface area (Å²) in [5.41, 5.74) is 0. The quantitative estimate of drug-likeness (QED) is 0.0734. The van der Waals surface area contributed by atoms with Gasteiger partial charge >= 0.3 is 23.9 Å². The highest BCUT2D eigenvalue weighted by Gasteiger charge is 2.03. The molecule has 0 rings (SSSR count). The molecular weight excluding hydrogens is 568 g/mol. The van der Waals surface area contributed by atoms with Gasteiger partial charge in [-0.2, -0.15) is 0 Å². The molecule has 43 heavy (non-hydrogen) atoms. The van der Waals surface area contributed by atoms with E-state index in [1.165, 1.54) is 52.7 Å². The van der Waals surface area contributed by atoms with Crippen molar-refractivity contribution in [2.24, 2.45) is 5.92 Å². The van der Waals surface area contributed by atoms with Gasteiger partial charge in [-0.1, -0.05) is 33.2 Å². The smallest absolute Gasteiger partial charge is 0.302 e. The van der Waals surface area contributed by atoms with Crippen LogP contribution in [-0.2, 0) is 61.8 Å². The molecule has 0 radical (unpaired) electrons. The molecule has 250 valence electrons. The maximum absolute atomic E-state index is 10.3. The van der Waals surface area contributed by atoms with Gasteiger partial charge in [0.15, 0.2) is 0 Å². The molecule has 0 heterocycles. The molecule has 0 aliphatic rings. The fourth-order valence-electron chi connectivity index (χ4n) is 1.98. The molecule has 1 atom stereocenters. The summed E-state index contributed by atoms with van der Waals surface area (Å²) < 4.78 is 42.9. The van der Waals surface area contributed by atoms with E-state index in [-0.39, 0.29) is 29.8 Å². The number of carbonyl (C=O) groups is 4. The third-order valence-electron chi connectivity index (χ3n) is 3.77. The van der Waals surface area contributed by atoms with Gasteiger partial charge in [0.1, 0.15) is 26.4 Å². The zero-order valence-corrected chi connectivity index (χ0v) is 26.5. The van der Waals surface area contributed by atoms with Gasteiger partial charge in [0.2, 0.25) is 0 Å². The standard InChI is InChI=1S/C8H14O4.2C8H14O3.C6H10O3/c1-3-10-4-5-11-6-7-12-8(2)9;1-4-10-5-7(2)6-11-8(3)9;1-3-10-6-4-5-7-11-8(2)9;1-3-8-4-5-9-6(2)7/h3H,1,4-7H2,2H3;4,7H,1,5-6H2,2-3H3;3H,1,4-7H2,2H3;3H,1,4-5H2,2H3. The van der Waals surface area contributed by atoms with Gasteiger partial charge in [-0.25, -0.2) is 0 Å². The Kier molecular flexibility index (Phi) is 42.9. The lowest BCUT2D eigenvalue weighted by atomic mass is 10.2. The second-order valence-corrected chi connectivity index (χ2v) is 7.86. The molecule has 0 amide bonds. The lowest BCUT2D eigenvalue weighted by molar-refractivity contribution is -0.143. The van der Waals surface area contributed by atoms with Crippen molar-refractivity contribution >= 4 is 23.9 Å². The normalized spacial score (nSPS) is 9.51. The van der Waals surface area contributed by atoms with E-state index < -0.39 is 0 Å². The molecule has 13 heteroatoms. The molecule has 0 aromatic rings. The molecule has 0 aromatic heterocycles. The van der Waals surface area contributed by atoms with Gasteiger partial charge in [0.05, 0.1) is 64.7 Å². The molecule has 0 spiro atoms. The second kappa shape index (κ2) is 40.1. The van der Waals surface area contributed by atoms with E-state index in [0.29, 0.717) is 66.1 Å². The fraction of sp³-hybridized carbons (Fsp3) is 0.600. The van der Waals surface area contributed by atoms with Crippen LogP contribution in [0.4, 0.5) is 0 Å². The van der Waals surface area contributed by atoms with Gasteiger partial charge in [0.25, 0.3) is 0 Å². The number of hydrogen-bond acceptors (Lipinski definition) is 13. The Morgan fingerprint density at radius 3 is 1.33 bits per heavy atom. The lowest BCUT2D eigenvalue weighted by Gasteiger charge is -2.09. The molecule has 0 saturated carbocycles. The summed E-state index contributed by atoms with van der Waals surface area (Å²) in [6.07, 6.45) is 7.18. The summed E-state index contributed by atoms with van der Waals surface area (Å²) in [6.45, 7) is 25.3. The average Bonchev–Trinajstić information content (AvgIpc) is 2.95. The van der Waals surface area contributed by atoms with Crippen molar-refractivity contribution in [3.8, 4) is 0 Å². The van der Waals surface area contributed by atoms with Crippen LogP contribution < -0.4 is 0 Å².